The van der Waals surface area contributed by atoms with E-state index in [1.807, 2.05) is 0 Å². The molecule has 0 bridgehead atoms. The summed E-state index contributed by atoms with van der Waals surface area (Å²) in [5, 5.41) is 3.54. The summed E-state index contributed by atoms with van der Waals surface area (Å²) >= 11 is 0. The normalized spacial score (nSPS) is 30.1. The van der Waals surface area contributed by atoms with Gasteiger partial charge in [-0.05, 0) is 39.2 Å². The van der Waals surface area contributed by atoms with Gasteiger partial charge in [-0.1, -0.05) is 27.2 Å². The molecule has 0 aromatic rings. The van der Waals surface area contributed by atoms with Crippen molar-refractivity contribution >= 4 is 5.91 Å². The van der Waals surface area contributed by atoms with Crippen molar-refractivity contribution in [3.05, 3.63) is 0 Å². The molecule has 0 radical (unpaired) electrons. The van der Waals surface area contributed by atoms with E-state index in [-0.39, 0.29) is 12.2 Å². The highest BCUT2D eigenvalue weighted by Gasteiger charge is 2.41. The van der Waals surface area contributed by atoms with Gasteiger partial charge in [0.25, 0.3) is 0 Å². The lowest BCUT2D eigenvalue weighted by atomic mass is 9.99. The average molecular weight is 281 g/mol. The Labute approximate surface area is 123 Å². The molecular weight excluding hydrogens is 250 g/mol. The Morgan fingerprint density at radius 1 is 1.35 bits per heavy atom. The molecular formula is C16H31N3O. The van der Waals surface area contributed by atoms with E-state index in [4.69, 9.17) is 0 Å². The molecule has 1 heterocycles. The van der Waals surface area contributed by atoms with Crippen molar-refractivity contribution in [3.63, 3.8) is 0 Å². The zero-order valence-electron chi connectivity index (χ0n) is 13.7. The Morgan fingerprint density at radius 2 is 2.00 bits per heavy atom. The van der Waals surface area contributed by atoms with Crippen LogP contribution in [0, 0.1) is 5.92 Å². The third-order valence-corrected chi connectivity index (χ3v) is 5.18. The van der Waals surface area contributed by atoms with Crippen LogP contribution in [0.1, 0.15) is 53.4 Å². The van der Waals surface area contributed by atoms with Crippen molar-refractivity contribution < 1.29 is 4.79 Å². The van der Waals surface area contributed by atoms with Crippen LogP contribution in [0.4, 0.5) is 0 Å². The fraction of sp³-hybridized carbons (Fsp3) is 0.938. The van der Waals surface area contributed by atoms with Gasteiger partial charge in [-0.2, -0.15) is 0 Å². The summed E-state index contributed by atoms with van der Waals surface area (Å²) in [7, 11) is 2.20. The molecule has 1 amide bonds. The first-order chi connectivity index (χ1) is 9.49. The molecule has 1 aliphatic carbocycles. The molecule has 20 heavy (non-hydrogen) atoms. The molecule has 1 aliphatic heterocycles. The molecule has 1 saturated carbocycles. The lowest BCUT2D eigenvalue weighted by Gasteiger charge is -2.31. The van der Waals surface area contributed by atoms with Crippen LogP contribution in [0.25, 0.3) is 0 Å². The highest BCUT2D eigenvalue weighted by atomic mass is 16.2. The number of hydrogen-bond donors (Lipinski definition) is 1. The van der Waals surface area contributed by atoms with Crippen molar-refractivity contribution in [1.29, 1.82) is 0 Å². The highest BCUT2D eigenvalue weighted by molar-refractivity contribution is 5.84. The maximum Gasteiger partial charge on any atom is 0.241 e. The van der Waals surface area contributed by atoms with Gasteiger partial charge in [-0.15, -0.1) is 0 Å². The molecule has 0 spiro atoms. The Balaban J connectivity index is 1.99. The number of rotatable bonds is 7. The maximum absolute atomic E-state index is 12.7. The fourth-order valence-corrected chi connectivity index (χ4v) is 3.15. The summed E-state index contributed by atoms with van der Waals surface area (Å²) in [6.45, 7) is 9.59. The lowest BCUT2D eigenvalue weighted by Crippen LogP contribution is -2.46. The number of hydrogen-bond acceptors (Lipinski definition) is 3. The maximum atomic E-state index is 12.7. The van der Waals surface area contributed by atoms with E-state index in [1.54, 1.807) is 0 Å². The van der Waals surface area contributed by atoms with Gasteiger partial charge >= 0.3 is 0 Å². The van der Waals surface area contributed by atoms with Gasteiger partial charge in [0.1, 0.15) is 0 Å². The third kappa shape index (κ3) is 3.17. The molecule has 4 unspecified atom stereocenters. The third-order valence-electron chi connectivity index (χ3n) is 5.18. The molecule has 4 atom stereocenters. The SMILES string of the molecule is CCC(C)C1NC(CC)N(CC(C)N(C)C2CC2)C1=O. The van der Waals surface area contributed by atoms with Gasteiger partial charge in [0, 0.05) is 18.6 Å². The molecule has 1 N–H and O–H groups in total. The molecule has 4 nitrogen and oxygen atoms in total. The van der Waals surface area contributed by atoms with Crippen LogP contribution in [0.15, 0.2) is 0 Å². The van der Waals surface area contributed by atoms with E-state index in [1.165, 1.54) is 12.8 Å². The largest absolute Gasteiger partial charge is 0.324 e. The first-order valence-electron chi connectivity index (χ1n) is 8.28. The van der Waals surface area contributed by atoms with Gasteiger partial charge in [0.2, 0.25) is 5.91 Å². The van der Waals surface area contributed by atoms with Crippen LogP contribution >= 0.6 is 0 Å². The smallest absolute Gasteiger partial charge is 0.241 e. The fourth-order valence-electron chi connectivity index (χ4n) is 3.15. The van der Waals surface area contributed by atoms with E-state index in [9.17, 15) is 4.79 Å². The van der Waals surface area contributed by atoms with Crippen LogP contribution in [0.5, 0.6) is 0 Å². The second-order valence-electron chi connectivity index (χ2n) is 6.69. The Bertz CT molecular complexity index is 343. The monoisotopic (exact) mass is 281 g/mol. The van der Waals surface area contributed by atoms with Gasteiger partial charge in [0.15, 0.2) is 0 Å². The number of amides is 1. The van der Waals surface area contributed by atoms with Crippen molar-refractivity contribution in [2.45, 2.75) is 77.7 Å². The molecule has 0 aromatic carbocycles. The van der Waals surface area contributed by atoms with E-state index in [0.29, 0.717) is 17.9 Å². The summed E-state index contributed by atoms with van der Waals surface area (Å²) in [4.78, 5) is 17.2. The first kappa shape index (κ1) is 15.8. The van der Waals surface area contributed by atoms with Crippen molar-refractivity contribution in [2.24, 2.45) is 5.92 Å². The Kier molecular flexibility index (Phi) is 5.08. The number of likely N-dealkylation sites (N-methyl/N-ethyl adjacent to an activating group) is 1. The number of carbonyl (C=O) groups excluding carboxylic acids is 1. The second-order valence-corrected chi connectivity index (χ2v) is 6.69. The molecule has 0 aromatic heterocycles. The molecule has 2 rings (SSSR count). The van der Waals surface area contributed by atoms with Crippen LogP contribution in [0.3, 0.4) is 0 Å². The van der Waals surface area contributed by atoms with E-state index < -0.39 is 0 Å². The minimum absolute atomic E-state index is 0.0170. The van der Waals surface area contributed by atoms with Crippen LogP contribution in [-0.2, 0) is 4.79 Å². The van der Waals surface area contributed by atoms with Crippen molar-refractivity contribution in [3.8, 4) is 0 Å². The zero-order valence-corrected chi connectivity index (χ0v) is 13.7. The first-order valence-corrected chi connectivity index (χ1v) is 8.28. The minimum atomic E-state index is 0.0170. The lowest BCUT2D eigenvalue weighted by molar-refractivity contribution is -0.131. The minimum Gasteiger partial charge on any atom is -0.324 e. The molecule has 2 fully saturated rings. The average Bonchev–Trinajstić information content (AvgIpc) is 3.24. The Hall–Kier alpha value is -0.610. The summed E-state index contributed by atoms with van der Waals surface area (Å²) in [5.74, 6) is 0.722. The summed E-state index contributed by atoms with van der Waals surface area (Å²) in [6.07, 6.45) is 4.89. The van der Waals surface area contributed by atoms with Crippen LogP contribution in [0.2, 0.25) is 0 Å². The van der Waals surface area contributed by atoms with E-state index >= 15 is 0 Å². The number of carbonyl (C=O) groups is 1. The summed E-state index contributed by atoms with van der Waals surface area (Å²) in [5.41, 5.74) is 0. The molecule has 1 saturated heterocycles. The number of nitrogens with zero attached hydrogens (tertiary/aromatic N) is 2. The van der Waals surface area contributed by atoms with Crippen molar-refractivity contribution in [2.75, 3.05) is 13.6 Å². The predicted molar refractivity (Wildman–Crippen MR) is 82.4 cm³/mol. The van der Waals surface area contributed by atoms with Gasteiger partial charge in [-0.25, -0.2) is 0 Å². The van der Waals surface area contributed by atoms with Crippen molar-refractivity contribution in [1.82, 2.24) is 15.1 Å². The second kappa shape index (κ2) is 6.44. The zero-order chi connectivity index (χ0) is 14.9. The van der Waals surface area contributed by atoms with Gasteiger partial charge < -0.3 is 4.90 Å². The molecule has 2 aliphatic rings. The highest BCUT2D eigenvalue weighted by Crippen LogP contribution is 2.28. The summed E-state index contributed by atoms with van der Waals surface area (Å²) < 4.78 is 0. The van der Waals surface area contributed by atoms with Gasteiger partial charge in [-0.3, -0.25) is 15.0 Å². The standard InChI is InChI=1S/C16H31N3O/c1-6-11(3)15-16(20)19(14(7-2)17-15)10-12(4)18(5)13-8-9-13/h11-15,17H,6-10H2,1-5H3. The van der Waals surface area contributed by atoms with Crippen LogP contribution in [-0.4, -0.2) is 53.6 Å². The molecule has 116 valence electrons. The number of nitrogens with one attached hydrogen (secondary N) is 1. The quantitative estimate of drug-likeness (QED) is 0.776. The van der Waals surface area contributed by atoms with E-state index in [0.717, 1.165) is 25.4 Å². The topological polar surface area (TPSA) is 35.6 Å². The predicted octanol–water partition coefficient (Wildman–Crippen LogP) is 2.05. The summed E-state index contributed by atoms with van der Waals surface area (Å²) in [6, 6.07) is 1.21. The van der Waals surface area contributed by atoms with Crippen LogP contribution < -0.4 is 5.32 Å². The van der Waals surface area contributed by atoms with E-state index in [2.05, 4.69) is 49.9 Å². The van der Waals surface area contributed by atoms with Gasteiger partial charge in [0.05, 0.1) is 12.2 Å². The Morgan fingerprint density at radius 3 is 2.50 bits per heavy atom. The molecule has 4 heteroatoms.